The average Bonchev–Trinajstić information content (AvgIpc) is 3.48. The number of hydrogen-bond acceptors (Lipinski definition) is 6. The highest BCUT2D eigenvalue weighted by Gasteiger charge is 2.31. The van der Waals surface area contributed by atoms with Gasteiger partial charge < -0.3 is 10.1 Å². The zero-order chi connectivity index (χ0) is 26.3. The third kappa shape index (κ3) is 4.78. The minimum Gasteiger partial charge on any atom is -0.481 e. The standard InChI is InChI=1S/C24H22F3N5O4S/c1-36-19-12-14(5-7-28-19)21-18(25)11-13-3-2-4-17(13)22(21)29-24(33)31-37(34,35)20-6-8-32(30-20)16-9-15(10-16)23(26)27/h5-8,11-12,16H,2-4,9-10H2,1H3,(H2,29,31,33). The number of anilines is 1. The van der Waals surface area contributed by atoms with E-state index in [9.17, 15) is 22.0 Å². The summed E-state index contributed by atoms with van der Waals surface area (Å²) in [5.41, 5.74) is 2.12. The molecule has 1 aromatic carbocycles. The molecule has 3 aromatic rings. The van der Waals surface area contributed by atoms with Crippen LogP contribution in [-0.4, -0.2) is 36.3 Å². The molecule has 0 unspecified atom stereocenters. The molecule has 0 aliphatic heterocycles. The average molecular weight is 534 g/mol. The fraction of sp³-hybridized carbons (Fsp3) is 0.292. The summed E-state index contributed by atoms with van der Waals surface area (Å²) in [5, 5.41) is 6.04. The number of ether oxygens (including phenoxy) is 1. The molecule has 2 aliphatic carbocycles. The van der Waals surface area contributed by atoms with Crippen LogP contribution in [0.4, 0.5) is 23.7 Å². The van der Waals surface area contributed by atoms with Crippen molar-refractivity contribution in [2.45, 2.75) is 43.2 Å². The molecule has 2 heterocycles. The quantitative estimate of drug-likeness (QED) is 0.480. The summed E-state index contributed by atoms with van der Waals surface area (Å²) in [5.74, 6) is -0.335. The zero-order valence-corrected chi connectivity index (χ0v) is 20.4. The topological polar surface area (TPSA) is 115 Å². The Hall–Kier alpha value is -3.87. The normalized spacial score (nSPS) is 16.6. The second-order valence-electron chi connectivity index (χ2n) is 8.81. The van der Waals surface area contributed by atoms with Crippen molar-refractivity contribution in [2.24, 2.45) is 0 Å². The van der Waals surface area contributed by atoms with E-state index in [1.54, 1.807) is 6.07 Å². The van der Waals surface area contributed by atoms with E-state index in [-0.39, 0.29) is 41.6 Å². The van der Waals surface area contributed by atoms with Crippen molar-refractivity contribution < 1.29 is 31.1 Å². The number of fused-ring (bicyclic) bond motifs is 1. The van der Waals surface area contributed by atoms with E-state index in [0.717, 1.165) is 17.5 Å². The Bertz CT molecular complexity index is 1530. The number of methoxy groups -OCH3 is 1. The van der Waals surface area contributed by atoms with Crippen LogP contribution in [0.25, 0.3) is 11.1 Å². The van der Waals surface area contributed by atoms with E-state index in [2.05, 4.69) is 15.4 Å². The van der Waals surface area contributed by atoms with Gasteiger partial charge in [0.05, 0.1) is 18.8 Å². The lowest BCUT2D eigenvalue weighted by molar-refractivity contribution is 0.256. The number of benzene rings is 1. The maximum atomic E-state index is 15.3. The molecular formula is C24H22F3N5O4S. The molecule has 5 rings (SSSR count). The van der Waals surface area contributed by atoms with Gasteiger partial charge in [-0.15, -0.1) is 0 Å². The summed E-state index contributed by atoms with van der Waals surface area (Å²) >= 11 is 0. The third-order valence-electron chi connectivity index (χ3n) is 6.51. The van der Waals surface area contributed by atoms with E-state index in [1.165, 1.54) is 42.4 Å². The highest BCUT2D eigenvalue weighted by Crippen LogP contribution is 2.41. The molecular weight excluding hydrogens is 511 g/mol. The Morgan fingerprint density at radius 2 is 1.97 bits per heavy atom. The van der Waals surface area contributed by atoms with Gasteiger partial charge in [0.2, 0.25) is 5.88 Å². The number of sulfonamides is 1. The first-order valence-corrected chi connectivity index (χ1v) is 12.9. The number of pyridine rings is 1. The number of halogens is 3. The lowest BCUT2D eigenvalue weighted by Gasteiger charge is -2.28. The summed E-state index contributed by atoms with van der Waals surface area (Å²) < 4.78 is 74.5. The van der Waals surface area contributed by atoms with Gasteiger partial charge in [0.1, 0.15) is 5.82 Å². The summed E-state index contributed by atoms with van der Waals surface area (Å²) in [7, 11) is -2.98. The van der Waals surface area contributed by atoms with Gasteiger partial charge in [0, 0.05) is 24.0 Å². The Balaban J connectivity index is 1.40. The maximum Gasteiger partial charge on any atom is 0.333 e. The lowest BCUT2D eigenvalue weighted by atomic mass is 9.87. The second-order valence-corrected chi connectivity index (χ2v) is 10.4. The molecule has 9 nitrogen and oxygen atoms in total. The fourth-order valence-electron chi connectivity index (χ4n) is 4.64. The van der Waals surface area contributed by atoms with Crippen LogP contribution in [0.1, 0.15) is 36.4 Å². The number of carbonyl (C=O) groups is 1. The first-order chi connectivity index (χ1) is 17.7. The van der Waals surface area contributed by atoms with Crippen molar-refractivity contribution in [3.63, 3.8) is 0 Å². The van der Waals surface area contributed by atoms with Gasteiger partial charge >= 0.3 is 6.03 Å². The molecule has 2 amide bonds. The highest BCUT2D eigenvalue weighted by molar-refractivity contribution is 7.90. The largest absolute Gasteiger partial charge is 0.481 e. The predicted molar refractivity (Wildman–Crippen MR) is 127 cm³/mol. The zero-order valence-electron chi connectivity index (χ0n) is 19.6. The van der Waals surface area contributed by atoms with Gasteiger partial charge in [-0.3, -0.25) is 4.68 Å². The van der Waals surface area contributed by atoms with Crippen LogP contribution in [0.5, 0.6) is 5.88 Å². The molecule has 37 heavy (non-hydrogen) atoms. The number of aromatic nitrogens is 3. The van der Waals surface area contributed by atoms with Crippen LogP contribution < -0.4 is 14.8 Å². The maximum absolute atomic E-state index is 15.3. The van der Waals surface area contributed by atoms with Crippen LogP contribution in [0.3, 0.4) is 0 Å². The molecule has 0 atom stereocenters. The van der Waals surface area contributed by atoms with Gasteiger partial charge in [-0.25, -0.2) is 18.9 Å². The molecule has 0 bridgehead atoms. The van der Waals surface area contributed by atoms with E-state index in [4.69, 9.17) is 4.74 Å². The van der Waals surface area contributed by atoms with Gasteiger partial charge in [-0.1, -0.05) is 0 Å². The Kier molecular flexibility index (Phi) is 6.40. The van der Waals surface area contributed by atoms with Gasteiger partial charge in [-0.05, 0) is 72.6 Å². The van der Waals surface area contributed by atoms with Crippen LogP contribution in [-0.2, 0) is 22.9 Å². The number of urea groups is 1. The number of rotatable bonds is 6. The molecule has 2 N–H and O–H groups in total. The SMILES string of the molecule is COc1cc(-c2c(F)cc3c(c2NC(=O)NS(=O)(=O)c2ccn(C4CC(=C(F)F)C4)n2)CCC3)ccn1. The second kappa shape index (κ2) is 9.54. The van der Waals surface area contributed by atoms with Crippen molar-refractivity contribution in [2.75, 3.05) is 12.4 Å². The van der Waals surface area contributed by atoms with E-state index >= 15 is 4.39 Å². The lowest BCUT2D eigenvalue weighted by Crippen LogP contribution is -2.35. The molecule has 194 valence electrons. The minimum atomic E-state index is -4.40. The molecule has 13 heteroatoms. The third-order valence-corrected chi connectivity index (χ3v) is 7.74. The molecule has 2 aromatic heterocycles. The summed E-state index contributed by atoms with van der Waals surface area (Å²) in [6.07, 6.45) is 3.18. The Labute approximate surface area is 210 Å². The van der Waals surface area contributed by atoms with Crippen molar-refractivity contribution in [3.05, 3.63) is 65.3 Å². The van der Waals surface area contributed by atoms with E-state index in [0.29, 0.717) is 18.4 Å². The van der Waals surface area contributed by atoms with Crippen molar-refractivity contribution in [3.8, 4) is 17.0 Å². The fourth-order valence-corrected chi connectivity index (χ4v) is 5.48. The molecule has 2 aliphatic rings. The Morgan fingerprint density at radius 3 is 2.70 bits per heavy atom. The van der Waals surface area contributed by atoms with Crippen LogP contribution in [0.15, 0.2) is 53.3 Å². The van der Waals surface area contributed by atoms with E-state index in [1.807, 2.05) is 4.72 Å². The van der Waals surface area contributed by atoms with Gasteiger partial charge in [0.25, 0.3) is 16.1 Å². The summed E-state index contributed by atoms with van der Waals surface area (Å²) in [6, 6.07) is 4.20. The predicted octanol–water partition coefficient (Wildman–Crippen LogP) is 4.58. The van der Waals surface area contributed by atoms with Crippen LogP contribution >= 0.6 is 0 Å². The number of allylic oxidation sites excluding steroid dienone is 1. The number of nitrogens with one attached hydrogen (secondary N) is 2. The molecule has 0 spiro atoms. The first-order valence-electron chi connectivity index (χ1n) is 11.4. The van der Waals surface area contributed by atoms with Gasteiger partial charge in [-0.2, -0.15) is 22.3 Å². The molecule has 1 fully saturated rings. The van der Waals surface area contributed by atoms with Crippen LogP contribution in [0.2, 0.25) is 0 Å². The molecule has 0 saturated heterocycles. The molecule has 1 saturated carbocycles. The number of carbonyl (C=O) groups excluding carboxylic acids is 1. The monoisotopic (exact) mass is 533 g/mol. The van der Waals surface area contributed by atoms with E-state index < -0.39 is 33.0 Å². The summed E-state index contributed by atoms with van der Waals surface area (Å²) in [6.45, 7) is 0. The van der Waals surface area contributed by atoms with Crippen LogP contribution in [0, 0.1) is 5.82 Å². The molecule has 0 radical (unpaired) electrons. The first kappa shape index (κ1) is 24.8. The highest BCUT2D eigenvalue weighted by atomic mass is 32.2. The number of aryl methyl sites for hydroxylation is 1. The number of amides is 2. The number of nitrogens with zero attached hydrogens (tertiary/aromatic N) is 3. The van der Waals surface area contributed by atoms with Crippen molar-refractivity contribution in [1.82, 2.24) is 19.5 Å². The van der Waals surface area contributed by atoms with Crippen molar-refractivity contribution >= 4 is 21.7 Å². The summed E-state index contributed by atoms with van der Waals surface area (Å²) in [4.78, 5) is 16.9. The van der Waals surface area contributed by atoms with Gasteiger partial charge in [0.15, 0.2) is 5.03 Å². The smallest absolute Gasteiger partial charge is 0.333 e. The Morgan fingerprint density at radius 1 is 1.19 bits per heavy atom. The minimum absolute atomic E-state index is 0.00709. The number of hydrogen-bond donors (Lipinski definition) is 2. The van der Waals surface area contributed by atoms with Crippen molar-refractivity contribution in [1.29, 1.82) is 0 Å².